The number of benzene rings is 2. The monoisotopic (exact) mass is 442 g/mol. The minimum absolute atomic E-state index is 0.337. The van der Waals surface area contributed by atoms with Gasteiger partial charge in [0.25, 0.3) is 5.91 Å². The second kappa shape index (κ2) is 9.99. The summed E-state index contributed by atoms with van der Waals surface area (Å²) in [7, 11) is 4.63. The molecule has 3 aromatic rings. The number of aromatic nitrogens is 2. The molecule has 0 saturated carbocycles. The summed E-state index contributed by atoms with van der Waals surface area (Å²) in [5.74, 6) is 1.71. The number of hydrogen-bond donors (Lipinski definition) is 2. The molecule has 2 N–H and O–H groups in total. The van der Waals surface area contributed by atoms with Gasteiger partial charge in [-0.2, -0.15) is 0 Å². The third-order valence-electron chi connectivity index (χ3n) is 4.56. The number of nitrogens with one attached hydrogen (secondary N) is 2. The van der Waals surface area contributed by atoms with E-state index < -0.39 is 0 Å². The van der Waals surface area contributed by atoms with Gasteiger partial charge in [0.15, 0.2) is 0 Å². The van der Waals surface area contributed by atoms with Gasteiger partial charge in [0.05, 0.1) is 43.3 Å². The summed E-state index contributed by atoms with van der Waals surface area (Å²) >= 11 is 6.17. The standard InChI is InChI=1S/C22H23ClN4O4/c1-13-16(21(28)27-18-9-17(23)19(30-3)10-20(18)31-4)12-25-22(26-13)24-11-14-5-7-15(29-2)8-6-14/h5-10,12H,11H2,1-4H3,(H,27,28)(H,24,25,26). The minimum atomic E-state index is -0.376. The second-order valence-electron chi connectivity index (χ2n) is 6.54. The average molecular weight is 443 g/mol. The molecule has 1 aromatic heterocycles. The first-order valence-corrected chi connectivity index (χ1v) is 9.76. The average Bonchev–Trinajstić information content (AvgIpc) is 2.78. The summed E-state index contributed by atoms with van der Waals surface area (Å²) in [6.45, 7) is 2.28. The van der Waals surface area contributed by atoms with E-state index in [1.54, 1.807) is 26.2 Å². The van der Waals surface area contributed by atoms with Crippen LogP contribution in [0.5, 0.6) is 17.2 Å². The smallest absolute Gasteiger partial charge is 0.259 e. The Balaban J connectivity index is 1.70. The molecule has 31 heavy (non-hydrogen) atoms. The van der Waals surface area contributed by atoms with Crippen molar-refractivity contribution in [3.63, 3.8) is 0 Å². The van der Waals surface area contributed by atoms with E-state index >= 15 is 0 Å². The normalized spacial score (nSPS) is 10.4. The van der Waals surface area contributed by atoms with Gasteiger partial charge in [0, 0.05) is 18.8 Å². The Hall–Kier alpha value is -3.52. The van der Waals surface area contributed by atoms with Gasteiger partial charge in [-0.25, -0.2) is 9.97 Å². The van der Waals surface area contributed by atoms with Crippen LogP contribution in [0.1, 0.15) is 21.6 Å². The number of rotatable bonds is 8. The van der Waals surface area contributed by atoms with Crippen LogP contribution in [0.25, 0.3) is 0 Å². The number of aryl methyl sites for hydroxylation is 1. The zero-order valence-electron chi connectivity index (χ0n) is 17.7. The van der Waals surface area contributed by atoms with Crippen LogP contribution in [0.15, 0.2) is 42.6 Å². The number of ether oxygens (including phenoxy) is 3. The fourth-order valence-corrected chi connectivity index (χ4v) is 3.09. The van der Waals surface area contributed by atoms with Crippen LogP contribution in [0.4, 0.5) is 11.6 Å². The molecule has 8 nitrogen and oxygen atoms in total. The quantitative estimate of drug-likeness (QED) is 0.536. The van der Waals surface area contributed by atoms with Crippen molar-refractivity contribution in [2.75, 3.05) is 32.0 Å². The van der Waals surface area contributed by atoms with E-state index in [4.69, 9.17) is 25.8 Å². The summed E-state index contributed by atoms with van der Waals surface area (Å²) in [5.41, 5.74) is 2.33. The van der Waals surface area contributed by atoms with Crippen LogP contribution in [0.2, 0.25) is 5.02 Å². The Morgan fingerprint density at radius 1 is 1.03 bits per heavy atom. The molecule has 0 fully saturated rings. The van der Waals surface area contributed by atoms with Crippen molar-refractivity contribution >= 4 is 29.1 Å². The van der Waals surface area contributed by atoms with Crippen molar-refractivity contribution in [1.29, 1.82) is 0 Å². The molecule has 0 saturated heterocycles. The number of halogens is 1. The lowest BCUT2D eigenvalue weighted by Crippen LogP contribution is -2.16. The van der Waals surface area contributed by atoms with Crippen molar-refractivity contribution in [3.05, 3.63) is 64.4 Å². The maximum absolute atomic E-state index is 12.8. The molecule has 0 bridgehead atoms. The van der Waals surface area contributed by atoms with Crippen molar-refractivity contribution in [3.8, 4) is 17.2 Å². The van der Waals surface area contributed by atoms with Crippen LogP contribution >= 0.6 is 11.6 Å². The van der Waals surface area contributed by atoms with Crippen molar-refractivity contribution in [1.82, 2.24) is 9.97 Å². The first-order chi connectivity index (χ1) is 14.9. The van der Waals surface area contributed by atoms with Crippen molar-refractivity contribution in [2.45, 2.75) is 13.5 Å². The molecule has 1 amide bonds. The zero-order chi connectivity index (χ0) is 22.4. The van der Waals surface area contributed by atoms with E-state index in [1.165, 1.54) is 20.4 Å². The van der Waals surface area contributed by atoms with Crippen LogP contribution in [0, 0.1) is 6.92 Å². The summed E-state index contributed by atoms with van der Waals surface area (Å²) in [5, 5.41) is 6.28. The lowest BCUT2D eigenvalue weighted by atomic mass is 10.2. The van der Waals surface area contributed by atoms with Crippen LogP contribution < -0.4 is 24.8 Å². The van der Waals surface area contributed by atoms with E-state index in [2.05, 4.69) is 20.6 Å². The molecule has 0 aliphatic rings. The number of nitrogens with zero attached hydrogens (tertiary/aromatic N) is 2. The Morgan fingerprint density at radius 2 is 1.74 bits per heavy atom. The van der Waals surface area contributed by atoms with Gasteiger partial charge in [-0.05, 0) is 30.7 Å². The predicted octanol–water partition coefficient (Wildman–Crippen LogP) is 4.33. The van der Waals surface area contributed by atoms with Gasteiger partial charge in [0.1, 0.15) is 17.2 Å². The molecule has 0 radical (unpaired) electrons. The number of hydrogen-bond acceptors (Lipinski definition) is 7. The van der Waals surface area contributed by atoms with Gasteiger partial charge >= 0.3 is 0 Å². The van der Waals surface area contributed by atoms with E-state index in [9.17, 15) is 4.79 Å². The summed E-state index contributed by atoms with van der Waals surface area (Å²) in [6.07, 6.45) is 1.48. The van der Waals surface area contributed by atoms with E-state index in [-0.39, 0.29) is 5.91 Å². The molecular weight excluding hydrogens is 420 g/mol. The summed E-state index contributed by atoms with van der Waals surface area (Å²) < 4.78 is 15.6. The molecule has 9 heteroatoms. The molecule has 162 valence electrons. The van der Waals surface area contributed by atoms with Gasteiger partial charge in [-0.1, -0.05) is 23.7 Å². The lowest BCUT2D eigenvalue weighted by molar-refractivity contribution is 0.102. The summed E-state index contributed by atoms with van der Waals surface area (Å²) in [6, 6.07) is 10.8. The lowest BCUT2D eigenvalue weighted by Gasteiger charge is -2.14. The largest absolute Gasteiger partial charge is 0.497 e. The molecule has 0 aliphatic heterocycles. The second-order valence-corrected chi connectivity index (χ2v) is 6.94. The molecule has 0 spiro atoms. The Kier molecular flexibility index (Phi) is 7.15. The van der Waals surface area contributed by atoms with E-state index in [1.807, 2.05) is 24.3 Å². The van der Waals surface area contributed by atoms with E-state index in [0.29, 0.717) is 46.0 Å². The fourth-order valence-electron chi connectivity index (χ4n) is 2.85. The molecule has 0 aliphatic carbocycles. The maximum atomic E-state index is 12.8. The van der Waals surface area contributed by atoms with Gasteiger partial charge in [-0.3, -0.25) is 4.79 Å². The molecule has 0 unspecified atom stereocenters. The number of carbonyl (C=O) groups excluding carboxylic acids is 1. The van der Waals surface area contributed by atoms with Gasteiger partial charge in [0.2, 0.25) is 5.95 Å². The Labute approximate surface area is 185 Å². The fraction of sp³-hybridized carbons (Fsp3) is 0.227. The van der Waals surface area contributed by atoms with Crippen LogP contribution in [0.3, 0.4) is 0 Å². The highest BCUT2D eigenvalue weighted by Crippen LogP contribution is 2.36. The Bertz CT molecular complexity index is 1070. The highest BCUT2D eigenvalue weighted by molar-refractivity contribution is 6.32. The first kappa shape index (κ1) is 22.2. The third-order valence-corrected chi connectivity index (χ3v) is 4.85. The van der Waals surface area contributed by atoms with Crippen molar-refractivity contribution < 1.29 is 19.0 Å². The topological polar surface area (TPSA) is 94.6 Å². The van der Waals surface area contributed by atoms with Gasteiger partial charge in [-0.15, -0.1) is 0 Å². The number of carbonyl (C=O) groups is 1. The zero-order valence-corrected chi connectivity index (χ0v) is 18.4. The summed E-state index contributed by atoms with van der Waals surface area (Å²) in [4.78, 5) is 21.4. The highest BCUT2D eigenvalue weighted by atomic mass is 35.5. The molecular formula is C22H23ClN4O4. The molecule has 2 aromatic carbocycles. The van der Waals surface area contributed by atoms with E-state index in [0.717, 1.165) is 11.3 Å². The van der Waals surface area contributed by atoms with Crippen molar-refractivity contribution in [2.24, 2.45) is 0 Å². The maximum Gasteiger partial charge on any atom is 0.259 e. The first-order valence-electron chi connectivity index (χ1n) is 9.38. The number of methoxy groups -OCH3 is 3. The predicted molar refractivity (Wildman–Crippen MR) is 120 cm³/mol. The third kappa shape index (κ3) is 5.35. The number of amides is 1. The molecule has 1 heterocycles. The van der Waals surface area contributed by atoms with Crippen LogP contribution in [-0.4, -0.2) is 37.2 Å². The van der Waals surface area contributed by atoms with Gasteiger partial charge < -0.3 is 24.8 Å². The number of anilines is 2. The molecule has 3 rings (SSSR count). The SMILES string of the molecule is COc1ccc(CNc2ncc(C(=O)Nc3cc(Cl)c(OC)cc3OC)c(C)n2)cc1. The minimum Gasteiger partial charge on any atom is -0.497 e. The van der Waals surface area contributed by atoms with Crippen LogP contribution in [-0.2, 0) is 6.54 Å². The molecule has 0 atom stereocenters. The highest BCUT2D eigenvalue weighted by Gasteiger charge is 2.16. The Morgan fingerprint density at radius 3 is 2.35 bits per heavy atom.